The van der Waals surface area contributed by atoms with Crippen molar-refractivity contribution in [1.82, 2.24) is 9.80 Å². The normalized spacial score (nSPS) is 21.2. The van der Waals surface area contributed by atoms with Crippen molar-refractivity contribution < 1.29 is 0 Å². The highest BCUT2D eigenvalue weighted by Crippen LogP contribution is 2.30. The highest BCUT2D eigenvalue weighted by atomic mass is 79.9. The van der Waals surface area contributed by atoms with E-state index in [4.69, 9.17) is 0 Å². The van der Waals surface area contributed by atoms with E-state index in [0.717, 1.165) is 11.4 Å². The Balaban J connectivity index is 2.43. The van der Waals surface area contributed by atoms with Crippen LogP contribution in [0, 0.1) is 5.41 Å². The molecule has 0 radical (unpaired) electrons. The van der Waals surface area contributed by atoms with Gasteiger partial charge in [-0.3, -0.25) is 4.90 Å². The van der Waals surface area contributed by atoms with E-state index in [1.54, 1.807) is 0 Å². The summed E-state index contributed by atoms with van der Waals surface area (Å²) in [6.45, 7) is 15.6. The molecule has 3 heteroatoms. The van der Waals surface area contributed by atoms with Gasteiger partial charge in [0.1, 0.15) is 0 Å². The number of hydrogen-bond donors (Lipinski definition) is 0. The lowest BCUT2D eigenvalue weighted by Crippen LogP contribution is -2.52. The van der Waals surface area contributed by atoms with Crippen molar-refractivity contribution in [1.29, 1.82) is 0 Å². The van der Waals surface area contributed by atoms with Crippen molar-refractivity contribution >= 4 is 15.9 Å². The molecule has 1 unspecified atom stereocenters. The Kier molecular flexibility index (Phi) is 7.19. The second-order valence-electron chi connectivity index (χ2n) is 5.91. The van der Waals surface area contributed by atoms with E-state index in [0.29, 0.717) is 5.41 Å². The number of piperazine rings is 1. The lowest BCUT2D eigenvalue weighted by molar-refractivity contribution is 0.0695. The number of nitrogens with zero attached hydrogens (tertiary/aromatic N) is 2. The van der Waals surface area contributed by atoms with Crippen LogP contribution < -0.4 is 0 Å². The van der Waals surface area contributed by atoms with Gasteiger partial charge >= 0.3 is 0 Å². The Labute approximate surface area is 122 Å². The Morgan fingerprint density at radius 1 is 1.06 bits per heavy atom. The molecule has 0 aromatic carbocycles. The molecule has 0 saturated carbocycles. The Morgan fingerprint density at radius 2 is 1.61 bits per heavy atom. The predicted molar refractivity (Wildman–Crippen MR) is 84.6 cm³/mol. The van der Waals surface area contributed by atoms with Gasteiger partial charge in [-0.1, -0.05) is 36.7 Å². The highest BCUT2D eigenvalue weighted by Gasteiger charge is 2.29. The quantitative estimate of drug-likeness (QED) is 0.662. The van der Waals surface area contributed by atoms with Gasteiger partial charge < -0.3 is 4.90 Å². The zero-order valence-corrected chi connectivity index (χ0v) is 14.3. The van der Waals surface area contributed by atoms with Crippen LogP contribution in [0.5, 0.6) is 0 Å². The summed E-state index contributed by atoms with van der Waals surface area (Å²) in [5.41, 5.74) is 0.485. The molecule has 1 saturated heterocycles. The maximum Gasteiger partial charge on any atom is 0.0113 e. The molecule has 0 amide bonds. The van der Waals surface area contributed by atoms with Crippen LogP contribution >= 0.6 is 15.9 Å². The van der Waals surface area contributed by atoms with Crippen LogP contribution in [0.1, 0.15) is 47.0 Å². The van der Waals surface area contributed by atoms with Crippen LogP contribution in [0.15, 0.2) is 0 Å². The van der Waals surface area contributed by atoms with E-state index in [2.05, 4.69) is 53.4 Å². The van der Waals surface area contributed by atoms with Gasteiger partial charge in [0, 0.05) is 44.1 Å². The Morgan fingerprint density at radius 3 is 2.00 bits per heavy atom. The van der Waals surface area contributed by atoms with E-state index in [1.807, 2.05) is 0 Å². The maximum absolute atomic E-state index is 3.73. The van der Waals surface area contributed by atoms with E-state index in [1.165, 1.54) is 52.0 Å². The number of rotatable bonds is 7. The fraction of sp³-hybridized carbons (Fsp3) is 1.00. The van der Waals surface area contributed by atoms with Crippen molar-refractivity contribution in [2.24, 2.45) is 5.41 Å². The van der Waals surface area contributed by atoms with Gasteiger partial charge in [0.05, 0.1) is 0 Å². The minimum absolute atomic E-state index is 0.485. The van der Waals surface area contributed by atoms with Crippen molar-refractivity contribution in [3.05, 3.63) is 0 Å². The molecule has 0 aromatic heterocycles. The summed E-state index contributed by atoms with van der Waals surface area (Å²) in [7, 11) is 0. The molecule has 0 bridgehead atoms. The molecule has 1 fully saturated rings. The number of alkyl halides is 1. The van der Waals surface area contributed by atoms with E-state index < -0.39 is 0 Å². The zero-order valence-electron chi connectivity index (χ0n) is 12.7. The third kappa shape index (κ3) is 4.21. The van der Waals surface area contributed by atoms with Gasteiger partial charge in [-0.15, -0.1) is 0 Å². The molecule has 1 rings (SSSR count). The van der Waals surface area contributed by atoms with Crippen LogP contribution in [0.25, 0.3) is 0 Å². The summed E-state index contributed by atoms with van der Waals surface area (Å²) in [6.07, 6.45) is 3.83. The standard InChI is InChI=1S/C15H31BrN2/c1-5-14(4)18-10-8-17(9-11-18)13-15(6-2,7-3)12-16/h14H,5-13H2,1-4H3. The van der Waals surface area contributed by atoms with Crippen molar-refractivity contribution in [3.63, 3.8) is 0 Å². The first-order chi connectivity index (χ1) is 8.60. The molecule has 0 N–H and O–H groups in total. The molecule has 0 aliphatic carbocycles. The minimum atomic E-state index is 0.485. The molecule has 1 aliphatic heterocycles. The van der Waals surface area contributed by atoms with E-state index >= 15 is 0 Å². The average molecular weight is 319 g/mol. The van der Waals surface area contributed by atoms with Gasteiger partial charge in [-0.25, -0.2) is 0 Å². The first kappa shape index (κ1) is 16.5. The minimum Gasteiger partial charge on any atom is -0.300 e. The molecule has 1 heterocycles. The molecule has 1 aliphatic rings. The van der Waals surface area contributed by atoms with Gasteiger partial charge in [-0.2, -0.15) is 0 Å². The third-order valence-electron chi connectivity index (χ3n) is 4.96. The first-order valence-electron chi connectivity index (χ1n) is 7.63. The predicted octanol–water partition coefficient (Wildman–Crippen LogP) is 3.60. The second-order valence-corrected chi connectivity index (χ2v) is 6.47. The topological polar surface area (TPSA) is 6.48 Å². The summed E-state index contributed by atoms with van der Waals surface area (Å²) in [4.78, 5) is 5.32. The second kappa shape index (κ2) is 7.86. The number of halogens is 1. The SMILES string of the molecule is CCC(C)N1CCN(CC(CC)(CC)CBr)CC1. The molecule has 1 atom stereocenters. The number of hydrogen-bond acceptors (Lipinski definition) is 2. The van der Waals surface area contributed by atoms with Gasteiger partial charge in [0.25, 0.3) is 0 Å². The monoisotopic (exact) mass is 318 g/mol. The van der Waals surface area contributed by atoms with Gasteiger partial charge in [-0.05, 0) is 31.6 Å². The van der Waals surface area contributed by atoms with E-state index in [9.17, 15) is 0 Å². The average Bonchev–Trinajstić information content (AvgIpc) is 2.45. The fourth-order valence-corrected chi connectivity index (χ4v) is 3.77. The van der Waals surface area contributed by atoms with Crippen LogP contribution in [-0.2, 0) is 0 Å². The lowest BCUT2D eigenvalue weighted by Gasteiger charge is -2.42. The van der Waals surface area contributed by atoms with Gasteiger partial charge in [0.2, 0.25) is 0 Å². The summed E-state index contributed by atoms with van der Waals surface area (Å²) in [5, 5.41) is 1.14. The maximum atomic E-state index is 3.73. The summed E-state index contributed by atoms with van der Waals surface area (Å²) in [5.74, 6) is 0. The summed E-state index contributed by atoms with van der Waals surface area (Å²) >= 11 is 3.73. The largest absolute Gasteiger partial charge is 0.300 e. The van der Waals surface area contributed by atoms with Crippen molar-refractivity contribution in [3.8, 4) is 0 Å². The molecule has 108 valence electrons. The Bertz CT molecular complexity index is 212. The van der Waals surface area contributed by atoms with Crippen LogP contribution in [0.3, 0.4) is 0 Å². The zero-order chi connectivity index (χ0) is 13.6. The van der Waals surface area contributed by atoms with Crippen LogP contribution in [0.4, 0.5) is 0 Å². The summed E-state index contributed by atoms with van der Waals surface area (Å²) < 4.78 is 0. The van der Waals surface area contributed by atoms with Gasteiger partial charge in [0.15, 0.2) is 0 Å². The molecule has 2 nitrogen and oxygen atoms in total. The smallest absolute Gasteiger partial charge is 0.0113 e. The first-order valence-corrected chi connectivity index (χ1v) is 8.75. The third-order valence-corrected chi connectivity index (χ3v) is 6.15. The molecular formula is C15H31BrN2. The van der Waals surface area contributed by atoms with Crippen LogP contribution in [0.2, 0.25) is 0 Å². The Hall–Kier alpha value is 0.400. The fourth-order valence-electron chi connectivity index (χ4n) is 2.80. The summed E-state index contributed by atoms with van der Waals surface area (Å²) in [6, 6.07) is 0.755. The molecule has 18 heavy (non-hydrogen) atoms. The highest BCUT2D eigenvalue weighted by molar-refractivity contribution is 9.09. The molecule has 0 spiro atoms. The molecule has 0 aromatic rings. The molecular weight excluding hydrogens is 288 g/mol. The van der Waals surface area contributed by atoms with Crippen molar-refractivity contribution in [2.75, 3.05) is 38.1 Å². The van der Waals surface area contributed by atoms with Crippen molar-refractivity contribution in [2.45, 2.75) is 53.0 Å². The van der Waals surface area contributed by atoms with E-state index in [-0.39, 0.29) is 0 Å². The lowest BCUT2D eigenvalue weighted by atomic mass is 9.84. The van der Waals surface area contributed by atoms with Crippen LogP contribution in [-0.4, -0.2) is 53.9 Å².